The molecule has 2 aliphatic rings. The molecule has 0 unspecified atom stereocenters. The zero-order valence-corrected chi connectivity index (χ0v) is 14.5. The number of benzene rings is 1. The molecule has 1 aromatic heterocycles. The third-order valence-electron chi connectivity index (χ3n) is 5.15. The summed E-state index contributed by atoms with van der Waals surface area (Å²) in [5.41, 5.74) is 0.599. The van der Waals surface area contributed by atoms with Crippen molar-refractivity contribution in [1.82, 2.24) is 10.2 Å². The van der Waals surface area contributed by atoms with Crippen LogP contribution in [-0.2, 0) is 9.47 Å². The highest BCUT2D eigenvalue weighted by Gasteiger charge is 2.40. The van der Waals surface area contributed by atoms with Gasteiger partial charge in [0.05, 0.1) is 24.8 Å². The predicted octanol–water partition coefficient (Wildman–Crippen LogP) is 3.08. The molecule has 2 aliphatic heterocycles. The van der Waals surface area contributed by atoms with Crippen molar-refractivity contribution in [2.75, 3.05) is 32.9 Å². The number of amides is 2. The molecule has 2 fully saturated rings. The van der Waals surface area contributed by atoms with Crippen molar-refractivity contribution < 1.29 is 18.7 Å². The van der Waals surface area contributed by atoms with Gasteiger partial charge in [-0.1, -0.05) is 18.2 Å². The van der Waals surface area contributed by atoms with E-state index in [4.69, 9.17) is 13.9 Å². The maximum Gasteiger partial charge on any atom is 0.318 e. The molecule has 25 heavy (non-hydrogen) atoms. The summed E-state index contributed by atoms with van der Waals surface area (Å²) in [6, 6.07) is 9.60. The lowest BCUT2D eigenvalue weighted by atomic mass is 9.92. The van der Waals surface area contributed by atoms with E-state index in [0.29, 0.717) is 32.9 Å². The van der Waals surface area contributed by atoms with Crippen LogP contribution in [0.25, 0.3) is 11.0 Å². The zero-order valence-electron chi connectivity index (χ0n) is 14.5. The average molecular weight is 344 g/mol. The van der Waals surface area contributed by atoms with Gasteiger partial charge in [-0.3, -0.25) is 0 Å². The average Bonchev–Trinajstić information content (AvgIpc) is 3.07. The van der Waals surface area contributed by atoms with Gasteiger partial charge in [0, 0.05) is 38.0 Å². The Morgan fingerprint density at radius 2 is 2.04 bits per heavy atom. The molecule has 1 spiro atoms. The summed E-state index contributed by atoms with van der Waals surface area (Å²) in [6.07, 6.45) is 1.69. The third kappa shape index (κ3) is 3.37. The number of hydrogen-bond donors (Lipinski definition) is 1. The molecule has 0 radical (unpaired) electrons. The molecule has 6 nitrogen and oxygen atoms in total. The van der Waals surface area contributed by atoms with Crippen LogP contribution in [0.3, 0.4) is 0 Å². The van der Waals surface area contributed by atoms with E-state index in [1.165, 1.54) is 0 Å². The molecule has 6 heteroatoms. The van der Waals surface area contributed by atoms with Crippen molar-refractivity contribution in [2.24, 2.45) is 0 Å². The van der Waals surface area contributed by atoms with Crippen LogP contribution >= 0.6 is 0 Å². The van der Waals surface area contributed by atoms with Crippen LogP contribution in [0.4, 0.5) is 4.79 Å². The van der Waals surface area contributed by atoms with Crippen molar-refractivity contribution in [3.8, 4) is 0 Å². The number of hydrogen-bond acceptors (Lipinski definition) is 4. The first-order valence-electron chi connectivity index (χ1n) is 8.91. The van der Waals surface area contributed by atoms with Crippen LogP contribution in [0.5, 0.6) is 0 Å². The lowest BCUT2D eigenvalue weighted by Crippen LogP contribution is -2.57. The number of carbonyl (C=O) groups is 1. The Bertz CT molecular complexity index is 712. The van der Waals surface area contributed by atoms with E-state index in [2.05, 4.69) is 5.32 Å². The standard InChI is InChI=1S/C19H24N2O4/c1-14(17-12-15-4-2-3-5-16(15)25-17)20-18(22)21-8-11-24-19(13-21)6-9-23-10-7-19/h2-5,12,14H,6-11,13H2,1H3,(H,20,22)/t14-/m0/s1. The first-order valence-corrected chi connectivity index (χ1v) is 8.91. The molecular formula is C19H24N2O4. The minimum absolute atomic E-state index is 0.0675. The Kier molecular flexibility index (Phi) is 4.39. The summed E-state index contributed by atoms with van der Waals surface area (Å²) in [4.78, 5) is 14.6. The maximum absolute atomic E-state index is 12.7. The number of nitrogens with zero attached hydrogens (tertiary/aromatic N) is 1. The summed E-state index contributed by atoms with van der Waals surface area (Å²) in [5.74, 6) is 0.767. The van der Waals surface area contributed by atoms with E-state index < -0.39 is 0 Å². The van der Waals surface area contributed by atoms with Gasteiger partial charge in [-0.15, -0.1) is 0 Å². The van der Waals surface area contributed by atoms with Crippen molar-refractivity contribution in [3.63, 3.8) is 0 Å². The maximum atomic E-state index is 12.7. The molecule has 1 N–H and O–H groups in total. The number of para-hydroxylation sites is 1. The number of rotatable bonds is 2. The molecule has 1 atom stereocenters. The van der Waals surface area contributed by atoms with Crippen LogP contribution in [0.2, 0.25) is 0 Å². The quantitative estimate of drug-likeness (QED) is 0.909. The molecule has 3 heterocycles. The summed E-state index contributed by atoms with van der Waals surface area (Å²) in [6.45, 7) is 5.15. The van der Waals surface area contributed by atoms with Gasteiger partial charge in [0.2, 0.25) is 0 Å². The molecule has 0 bridgehead atoms. The number of ether oxygens (including phenoxy) is 2. The van der Waals surface area contributed by atoms with Crippen LogP contribution < -0.4 is 5.32 Å². The number of nitrogens with one attached hydrogen (secondary N) is 1. The van der Waals surface area contributed by atoms with Crippen LogP contribution in [0.15, 0.2) is 34.7 Å². The second kappa shape index (κ2) is 6.69. The Labute approximate surface area is 147 Å². The fraction of sp³-hybridized carbons (Fsp3) is 0.526. The number of morpholine rings is 1. The van der Waals surface area contributed by atoms with Gasteiger partial charge in [-0.05, 0) is 19.1 Å². The highest BCUT2D eigenvalue weighted by molar-refractivity contribution is 5.78. The fourth-order valence-corrected chi connectivity index (χ4v) is 3.63. The number of furan rings is 1. The molecule has 2 saturated heterocycles. The second-order valence-electron chi connectivity index (χ2n) is 6.92. The van der Waals surface area contributed by atoms with E-state index >= 15 is 0 Å². The van der Waals surface area contributed by atoms with E-state index in [1.54, 1.807) is 0 Å². The normalized spacial score (nSPS) is 21.4. The third-order valence-corrected chi connectivity index (χ3v) is 5.15. The molecule has 2 amide bonds. The number of fused-ring (bicyclic) bond motifs is 1. The van der Waals surface area contributed by atoms with Crippen molar-refractivity contribution in [1.29, 1.82) is 0 Å². The summed E-state index contributed by atoms with van der Waals surface area (Å²) >= 11 is 0. The summed E-state index contributed by atoms with van der Waals surface area (Å²) in [7, 11) is 0. The van der Waals surface area contributed by atoms with Crippen molar-refractivity contribution in [2.45, 2.75) is 31.4 Å². The van der Waals surface area contributed by atoms with E-state index in [9.17, 15) is 4.79 Å². The molecule has 4 rings (SSSR count). The monoisotopic (exact) mass is 344 g/mol. The second-order valence-corrected chi connectivity index (χ2v) is 6.92. The van der Waals surface area contributed by atoms with Gasteiger partial charge in [-0.2, -0.15) is 0 Å². The Balaban J connectivity index is 1.42. The molecule has 0 aliphatic carbocycles. The van der Waals surface area contributed by atoms with Gasteiger partial charge < -0.3 is 24.1 Å². The highest BCUT2D eigenvalue weighted by Crippen LogP contribution is 2.29. The molecule has 0 saturated carbocycles. The van der Waals surface area contributed by atoms with Gasteiger partial charge in [-0.25, -0.2) is 4.79 Å². The van der Waals surface area contributed by atoms with Crippen LogP contribution in [0, 0.1) is 0 Å². The topological polar surface area (TPSA) is 63.9 Å². The van der Waals surface area contributed by atoms with Crippen molar-refractivity contribution >= 4 is 17.0 Å². The van der Waals surface area contributed by atoms with E-state index in [1.807, 2.05) is 42.2 Å². The first-order chi connectivity index (χ1) is 12.2. The van der Waals surface area contributed by atoms with Gasteiger partial charge in [0.15, 0.2) is 0 Å². The predicted molar refractivity (Wildman–Crippen MR) is 93.5 cm³/mol. The Hall–Kier alpha value is -2.05. The molecule has 1 aromatic carbocycles. The van der Waals surface area contributed by atoms with Gasteiger partial charge >= 0.3 is 6.03 Å². The first kappa shape index (κ1) is 16.4. The molecule has 134 valence electrons. The molecule has 2 aromatic rings. The SMILES string of the molecule is C[C@H](NC(=O)N1CCOC2(CCOCC2)C1)c1cc2ccccc2o1. The van der Waals surface area contributed by atoms with Crippen LogP contribution in [-0.4, -0.2) is 49.4 Å². The highest BCUT2D eigenvalue weighted by atomic mass is 16.5. The van der Waals surface area contributed by atoms with E-state index in [0.717, 1.165) is 29.6 Å². The molecular weight excluding hydrogens is 320 g/mol. The fourth-order valence-electron chi connectivity index (χ4n) is 3.63. The Morgan fingerprint density at radius 3 is 2.84 bits per heavy atom. The lowest BCUT2D eigenvalue weighted by Gasteiger charge is -2.44. The minimum atomic E-state index is -0.240. The summed E-state index contributed by atoms with van der Waals surface area (Å²) < 4.78 is 17.3. The van der Waals surface area contributed by atoms with Gasteiger partial charge in [0.1, 0.15) is 11.3 Å². The van der Waals surface area contributed by atoms with E-state index in [-0.39, 0.29) is 17.7 Å². The number of urea groups is 1. The van der Waals surface area contributed by atoms with Gasteiger partial charge in [0.25, 0.3) is 0 Å². The number of carbonyl (C=O) groups excluding carboxylic acids is 1. The summed E-state index contributed by atoms with van der Waals surface area (Å²) in [5, 5.41) is 4.10. The zero-order chi connectivity index (χ0) is 17.3. The Morgan fingerprint density at radius 1 is 1.24 bits per heavy atom. The van der Waals surface area contributed by atoms with Crippen molar-refractivity contribution in [3.05, 3.63) is 36.1 Å². The van der Waals surface area contributed by atoms with Crippen LogP contribution in [0.1, 0.15) is 31.6 Å². The largest absolute Gasteiger partial charge is 0.459 e. The lowest BCUT2D eigenvalue weighted by molar-refractivity contribution is -0.145. The smallest absolute Gasteiger partial charge is 0.318 e. The minimum Gasteiger partial charge on any atom is -0.459 e.